The maximum absolute atomic E-state index is 12.8. The molecule has 0 unspecified atom stereocenters. The highest BCUT2D eigenvalue weighted by Gasteiger charge is 2.31. The Morgan fingerprint density at radius 2 is 1.93 bits per heavy atom. The third-order valence-electron chi connectivity index (χ3n) is 6.07. The van der Waals surface area contributed by atoms with Crippen LogP contribution < -0.4 is 11.1 Å². The number of carbonyl (C=O) groups is 1. The molecule has 1 aromatic heterocycles. The van der Waals surface area contributed by atoms with Crippen molar-refractivity contribution >= 4 is 30.7 Å². The molecule has 2 aliphatic heterocycles. The van der Waals surface area contributed by atoms with Crippen LogP contribution in [0.5, 0.6) is 0 Å². The zero-order valence-corrected chi connectivity index (χ0v) is 19.2. The SMILES string of the molecule is Cc1n[nH]c(C)c1CCCNC(=O)[C@@H]1CC[C@H](N)CN(C2CCOCC2)C1.Cl.Cl. The second kappa shape index (κ2) is 12.7. The molecule has 4 N–H and O–H groups in total. The second-order valence-corrected chi connectivity index (χ2v) is 8.14. The van der Waals surface area contributed by atoms with Gasteiger partial charge in [-0.3, -0.25) is 14.8 Å². The van der Waals surface area contributed by atoms with E-state index in [1.165, 1.54) is 5.56 Å². The highest BCUT2D eigenvalue weighted by molar-refractivity contribution is 5.85. The lowest BCUT2D eigenvalue weighted by molar-refractivity contribution is -0.125. The predicted molar refractivity (Wildman–Crippen MR) is 120 cm³/mol. The monoisotopic (exact) mass is 449 g/mol. The fraction of sp³-hybridized carbons (Fsp3) is 0.800. The van der Waals surface area contributed by atoms with Gasteiger partial charge in [-0.05, 0) is 57.9 Å². The van der Waals surface area contributed by atoms with E-state index in [0.29, 0.717) is 12.6 Å². The molecule has 7 nitrogen and oxygen atoms in total. The summed E-state index contributed by atoms with van der Waals surface area (Å²) in [6, 6.07) is 0.669. The van der Waals surface area contributed by atoms with Crippen LogP contribution in [0.25, 0.3) is 0 Å². The van der Waals surface area contributed by atoms with E-state index in [-0.39, 0.29) is 42.7 Å². The van der Waals surface area contributed by atoms with Crippen LogP contribution in [0.3, 0.4) is 0 Å². The Morgan fingerprint density at radius 1 is 1.21 bits per heavy atom. The van der Waals surface area contributed by atoms with Crippen LogP contribution in [-0.4, -0.2) is 65.9 Å². The van der Waals surface area contributed by atoms with Gasteiger partial charge in [0.2, 0.25) is 5.91 Å². The highest BCUT2D eigenvalue weighted by Crippen LogP contribution is 2.22. The minimum Gasteiger partial charge on any atom is -0.381 e. The van der Waals surface area contributed by atoms with Crippen molar-refractivity contribution in [3.8, 4) is 0 Å². The topological polar surface area (TPSA) is 96.3 Å². The number of halogens is 2. The van der Waals surface area contributed by atoms with E-state index in [0.717, 1.165) is 76.2 Å². The molecule has 0 bridgehead atoms. The molecule has 3 heterocycles. The molecule has 0 radical (unpaired) electrons. The number of ether oxygens (including phenoxy) is 1. The molecule has 2 saturated heterocycles. The Labute approximate surface area is 186 Å². The van der Waals surface area contributed by atoms with Crippen molar-refractivity contribution in [3.63, 3.8) is 0 Å². The summed E-state index contributed by atoms with van der Waals surface area (Å²) in [5.41, 5.74) is 9.75. The van der Waals surface area contributed by atoms with Gasteiger partial charge >= 0.3 is 0 Å². The summed E-state index contributed by atoms with van der Waals surface area (Å²) >= 11 is 0. The van der Waals surface area contributed by atoms with Gasteiger partial charge in [-0.1, -0.05) is 0 Å². The highest BCUT2D eigenvalue weighted by atomic mass is 35.5. The first-order valence-electron chi connectivity index (χ1n) is 10.4. The molecule has 0 spiro atoms. The standard InChI is InChI=1S/C20H35N5O2.2ClH/c1-14-19(15(2)24-23-14)4-3-9-22-20(26)16-5-6-17(21)13-25(12-16)18-7-10-27-11-8-18;;/h16-18H,3-13,21H2,1-2H3,(H,22,26)(H,23,24);2*1H/t16-,17+;;/m1../s1. The van der Waals surface area contributed by atoms with Crippen LogP contribution in [0.2, 0.25) is 0 Å². The molecule has 0 aromatic carbocycles. The number of rotatable bonds is 6. The number of H-pyrrole nitrogens is 1. The van der Waals surface area contributed by atoms with Crippen molar-refractivity contribution in [2.75, 3.05) is 32.8 Å². The van der Waals surface area contributed by atoms with E-state index in [9.17, 15) is 4.79 Å². The number of nitrogens with two attached hydrogens (primary N) is 1. The zero-order chi connectivity index (χ0) is 19.2. The number of likely N-dealkylation sites (tertiary alicyclic amines) is 1. The lowest BCUT2D eigenvalue weighted by atomic mass is 10.00. The molecule has 2 atom stereocenters. The number of hydrogen-bond acceptors (Lipinski definition) is 5. The molecule has 1 aromatic rings. The van der Waals surface area contributed by atoms with Gasteiger partial charge < -0.3 is 15.8 Å². The summed E-state index contributed by atoms with van der Waals surface area (Å²) in [6.45, 7) is 8.14. The van der Waals surface area contributed by atoms with Crippen LogP contribution >= 0.6 is 24.8 Å². The largest absolute Gasteiger partial charge is 0.381 e. The molecule has 2 aliphatic rings. The number of aromatic amines is 1. The van der Waals surface area contributed by atoms with Gasteiger partial charge in [0.05, 0.1) is 11.6 Å². The lowest BCUT2D eigenvalue weighted by Gasteiger charge is -2.35. The van der Waals surface area contributed by atoms with Gasteiger partial charge in [0, 0.05) is 50.6 Å². The number of nitrogens with one attached hydrogen (secondary N) is 2. The van der Waals surface area contributed by atoms with Gasteiger partial charge in [0.15, 0.2) is 0 Å². The van der Waals surface area contributed by atoms with Gasteiger partial charge in [0.25, 0.3) is 0 Å². The first-order chi connectivity index (χ1) is 13.0. The number of aromatic nitrogens is 2. The summed E-state index contributed by atoms with van der Waals surface area (Å²) in [5.74, 6) is 0.223. The van der Waals surface area contributed by atoms with Crippen LogP contribution in [0.1, 0.15) is 49.1 Å². The smallest absolute Gasteiger partial charge is 0.224 e. The third-order valence-corrected chi connectivity index (χ3v) is 6.07. The van der Waals surface area contributed by atoms with Crippen LogP contribution in [0.4, 0.5) is 0 Å². The maximum Gasteiger partial charge on any atom is 0.224 e. The molecule has 9 heteroatoms. The van der Waals surface area contributed by atoms with Crippen LogP contribution in [0, 0.1) is 19.8 Å². The maximum atomic E-state index is 12.8. The summed E-state index contributed by atoms with van der Waals surface area (Å²) < 4.78 is 5.49. The van der Waals surface area contributed by atoms with Gasteiger partial charge in [-0.2, -0.15) is 5.10 Å². The molecule has 0 saturated carbocycles. The first kappa shape index (κ1) is 26.2. The van der Waals surface area contributed by atoms with E-state index in [2.05, 4.69) is 20.4 Å². The molecule has 29 heavy (non-hydrogen) atoms. The lowest BCUT2D eigenvalue weighted by Crippen LogP contribution is -2.47. The molecule has 1 amide bonds. The van der Waals surface area contributed by atoms with Crippen molar-refractivity contribution < 1.29 is 9.53 Å². The summed E-state index contributed by atoms with van der Waals surface area (Å²) in [4.78, 5) is 15.2. The van der Waals surface area contributed by atoms with Gasteiger partial charge in [-0.15, -0.1) is 24.8 Å². The Morgan fingerprint density at radius 3 is 2.59 bits per heavy atom. The first-order valence-corrected chi connectivity index (χ1v) is 10.4. The van der Waals surface area contributed by atoms with Gasteiger partial charge in [0.1, 0.15) is 0 Å². The fourth-order valence-electron chi connectivity index (χ4n) is 4.38. The number of carbonyl (C=O) groups excluding carboxylic acids is 1. The molecule has 168 valence electrons. The van der Waals surface area contributed by atoms with E-state index in [1.807, 2.05) is 13.8 Å². The molecular weight excluding hydrogens is 413 g/mol. The minimum absolute atomic E-state index is 0. The van der Waals surface area contributed by atoms with E-state index < -0.39 is 0 Å². The zero-order valence-electron chi connectivity index (χ0n) is 17.6. The second-order valence-electron chi connectivity index (χ2n) is 8.14. The predicted octanol–water partition coefficient (Wildman–Crippen LogP) is 2.14. The van der Waals surface area contributed by atoms with Crippen LogP contribution in [-0.2, 0) is 16.0 Å². The minimum atomic E-state index is 0. The van der Waals surface area contributed by atoms with Crippen molar-refractivity contribution in [2.24, 2.45) is 11.7 Å². The molecule has 2 fully saturated rings. The number of nitrogens with zero attached hydrogens (tertiary/aromatic N) is 2. The summed E-state index contributed by atoms with van der Waals surface area (Å²) in [6.07, 6.45) is 5.77. The van der Waals surface area contributed by atoms with E-state index >= 15 is 0 Å². The third kappa shape index (κ3) is 7.40. The number of hydrogen-bond donors (Lipinski definition) is 3. The Hall–Kier alpha value is -0.860. The van der Waals surface area contributed by atoms with Crippen molar-refractivity contribution in [2.45, 2.75) is 64.5 Å². The Kier molecular flexibility index (Phi) is 11.5. The van der Waals surface area contributed by atoms with Crippen LogP contribution in [0.15, 0.2) is 0 Å². The normalized spacial score (nSPS) is 23.6. The summed E-state index contributed by atoms with van der Waals surface area (Å²) in [5, 5.41) is 10.4. The average molecular weight is 450 g/mol. The average Bonchev–Trinajstić information content (AvgIpc) is 2.87. The molecule has 3 rings (SSSR count). The van der Waals surface area contributed by atoms with Gasteiger partial charge in [-0.25, -0.2) is 0 Å². The van der Waals surface area contributed by atoms with E-state index in [1.54, 1.807) is 0 Å². The summed E-state index contributed by atoms with van der Waals surface area (Å²) in [7, 11) is 0. The molecule has 0 aliphatic carbocycles. The van der Waals surface area contributed by atoms with Crippen molar-refractivity contribution in [3.05, 3.63) is 17.0 Å². The number of amides is 1. The Bertz CT molecular complexity index is 603. The van der Waals surface area contributed by atoms with Crippen molar-refractivity contribution in [1.82, 2.24) is 20.4 Å². The number of aryl methyl sites for hydroxylation is 2. The van der Waals surface area contributed by atoms with E-state index in [4.69, 9.17) is 10.5 Å². The Balaban J connectivity index is 0.00000210. The molecular formula is C20H37Cl2N5O2. The quantitative estimate of drug-likeness (QED) is 0.577. The van der Waals surface area contributed by atoms with Crippen molar-refractivity contribution in [1.29, 1.82) is 0 Å². The fourth-order valence-corrected chi connectivity index (χ4v) is 4.38.